The predicted molar refractivity (Wildman–Crippen MR) is 88.4 cm³/mol. The summed E-state index contributed by atoms with van der Waals surface area (Å²) in [7, 11) is 0. The minimum Gasteiger partial charge on any atom is -0.0883 e. The third kappa shape index (κ3) is 8.74. The first kappa shape index (κ1) is 17.7. The minimum absolute atomic E-state index is 0.771. The maximum absolute atomic E-state index is 3.43. The number of allylic oxidation sites excluding steroid dienone is 6. The van der Waals surface area contributed by atoms with Crippen LogP contribution in [0.1, 0.15) is 60.8 Å². The molecule has 0 heterocycles. The zero-order chi connectivity index (χ0) is 14.1. The Bertz CT molecular complexity index is 328. The second-order valence-corrected chi connectivity index (χ2v) is 6.37. The van der Waals surface area contributed by atoms with Crippen LogP contribution in [-0.2, 0) is 0 Å². The third-order valence-corrected chi connectivity index (χ3v) is 3.73. The van der Waals surface area contributed by atoms with Crippen molar-refractivity contribution in [2.45, 2.75) is 60.8 Å². The number of rotatable bonds is 7. The Labute approximate surface area is 122 Å². The maximum atomic E-state index is 3.43. The molecule has 0 N–H and O–H groups in total. The third-order valence-electron chi connectivity index (χ3n) is 3.41. The highest BCUT2D eigenvalue weighted by atomic mass is 79.9. The monoisotopic (exact) mass is 312 g/mol. The fourth-order valence-electron chi connectivity index (χ4n) is 1.99. The number of hydrogen-bond acceptors (Lipinski definition) is 0. The van der Waals surface area contributed by atoms with Crippen molar-refractivity contribution in [3.05, 3.63) is 34.4 Å². The van der Waals surface area contributed by atoms with Gasteiger partial charge < -0.3 is 0 Å². The van der Waals surface area contributed by atoms with Crippen molar-refractivity contribution in [2.75, 3.05) is 5.33 Å². The average molecular weight is 313 g/mol. The Morgan fingerprint density at radius 3 is 2.22 bits per heavy atom. The fourth-order valence-corrected chi connectivity index (χ4v) is 2.50. The van der Waals surface area contributed by atoms with Crippen molar-refractivity contribution in [3.8, 4) is 0 Å². The van der Waals surface area contributed by atoms with Gasteiger partial charge in [0.1, 0.15) is 0 Å². The standard InChI is InChI=1S/C17H29Br/c1-13(2)17(6)8-7-14(3)11-16(5)12-15(4)9-10-18/h9,12,14H,7-8,10-11H2,1-6H3. The number of alkyl halides is 1. The summed E-state index contributed by atoms with van der Waals surface area (Å²) >= 11 is 3.43. The zero-order valence-electron chi connectivity index (χ0n) is 12.9. The van der Waals surface area contributed by atoms with Gasteiger partial charge in [-0.1, -0.05) is 57.3 Å². The van der Waals surface area contributed by atoms with Crippen molar-refractivity contribution in [3.63, 3.8) is 0 Å². The molecule has 1 atom stereocenters. The summed E-state index contributed by atoms with van der Waals surface area (Å²) in [5.41, 5.74) is 5.88. The Morgan fingerprint density at radius 2 is 1.72 bits per heavy atom. The molecule has 0 bridgehead atoms. The van der Waals surface area contributed by atoms with Crippen LogP contribution in [0.5, 0.6) is 0 Å². The highest BCUT2D eigenvalue weighted by Crippen LogP contribution is 2.21. The average Bonchev–Trinajstić information content (AvgIpc) is 2.25. The van der Waals surface area contributed by atoms with Crippen LogP contribution in [0.15, 0.2) is 34.4 Å². The molecule has 0 aliphatic carbocycles. The van der Waals surface area contributed by atoms with E-state index in [9.17, 15) is 0 Å². The molecule has 0 saturated heterocycles. The van der Waals surface area contributed by atoms with Crippen LogP contribution in [0.4, 0.5) is 0 Å². The van der Waals surface area contributed by atoms with Gasteiger partial charge in [-0.25, -0.2) is 0 Å². The number of halogens is 1. The fraction of sp³-hybridized carbons (Fsp3) is 0.647. The largest absolute Gasteiger partial charge is 0.0883 e. The molecule has 0 aliphatic rings. The van der Waals surface area contributed by atoms with E-state index < -0.39 is 0 Å². The van der Waals surface area contributed by atoms with E-state index in [2.05, 4.69) is 69.6 Å². The molecule has 0 rings (SSSR count). The van der Waals surface area contributed by atoms with Crippen LogP contribution in [0.25, 0.3) is 0 Å². The van der Waals surface area contributed by atoms with Gasteiger partial charge in [0.15, 0.2) is 0 Å². The molecule has 0 aromatic heterocycles. The van der Waals surface area contributed by atoms with Gasteiger partial charge in [-0.3, -0.25) is 0 Å². The molecule has 0 fully saturated rings. The molecule has 0 radical (unpaired) electrons. The summed E-state index contributed by atoms with van der Waals surface area (Å²) in [6, 6.07) is 0. The molecule has 0 amide bonds. The Morgan fingerprint density at radius 1 is 1.11 bits per heavy atom. The lowest BCUT2D eigenvalue weighted by molar-refractivity contribution is 0.525. The maximum Gasteiger partial charge on any atom is 0.0217 e. The molecule has 0 spiro atoms. The van der Waals surface area contributed by atoms with Gasteiger partial charge in [-0.15, -0.1) is 0 Å². The number of hydrogen-bond donors (Lipinski definition) is 0. The van der Waals surface area contributed by atoms with Crippen LogP contribution in [-0.4, -0.2) is 5.33 Å². The minimum atomic E-state index is 0.771. The topological polar surface area (TPSA) is 0 Å². The highest BCUT2D eigenvalue weighted by molar-refractivity contribution is 9.09. The van der Waals surface area contributed by atoms with Gasteiger partial charge >= 0.3 is 0 Å². The quantitative estimate of drug-likeness (QED) is 0.288. The first-order chi connectivity index (χ1) is 8.36. The van der Waals surface area contributed by atoms with Gasteiger partial charge in [-0.2, -0.15) is 0 Å². The summed E-state index contributed by atoms with van der Waals surface area (Å²) in [5, 5.41) is 0.942. The summed E-state index contributed by atoms with van der Waals surface area (Å²) in [5.74, 6) is 0.771. The molecule has 1 heteroatoms. The lowest BCUT2D eigenvalue weighted by Gasteiger charge is -2.13. The van der Waals surface area contributed by atoms with E-state index in [-0.39, 0.29) is 0 Å². The summed E-state index contributed by atoms with van der Waals surface area (Å²) in [4.78, 5) is 0. The van der Waals surface area contributed by atoms with Crippen LogP contribution in [0.3, 0.4) is 0 Å². The summed E-state index contributed by atoms with van der Waals surface area (Å²) in [6.45, 7) is 13.4. The lowest BCUT2D eigenvalue weighted by Crippen LogP contribution is -1.97. The molecular weight excluding hydrogens is 284 g/mol. The second-order valence-electron chi connectivity index (χ2n) is 5.72. The first-order valence-corrected chi connectivity index (χ1v) is 8.01. The lowest BCUT2D eigenvalue weighted by atomic mass is 9.93. The van der Waals surface area contributed by atoms with E-state index in [1.54, 1.807) is 5.57 Å². The molecule has 0 saturated carbocycles. The van der Waals surface area contributed by atoms with Crippen molar-refractivity contribution in [1.82, 2.24) is 0 Å². The molecular formula is C17H29Br. The van der Waals surface area contributed by atoms with E-state index in [4.69, 9.17) is 0 Å². The van der Waals surface area contributed by atoms with E-state index in [1.807, 2.05) is 0 Å². The summed E-state index contributed by atoms with van der Waals surface area (Å²) in [6.07, 6.45) is 8.27. The van der Waals surface area contributed by atoms with E-state index in [1.165, 1.54) is 36.0 Å². The molecule has 0 nitrogen and oxygen atoms in total. The molecule has 0 aromatic carbocycles. The highest BCUT2D eigenvalue weighted by Gasteiger charge is 2.04. The second kappa shape index (κ2) is 9.61. The smallest absolute Gasteiger partial charge is 0.0217 e. The van der Waals surface area contributed by atoms with E-state index in [0.29, 0.717) is 0 Å². The van der Waals surface area contributed by atoms with Crippen molar-refractivity contribution in [1.29, 1.82) is 0 Å². The molecule has 104 valence electrons. The summed E-state index contributed by atoms with van der Waals surface area (Å²) < 4.78 is 0. The van der Waals surface area contributed by atoms with Gasteiger partial charge in [-0.05, 0) is 59.8 Å². The van der Waals surface area contributed by atoms with Gasteiger partial charge in [0.05, 0.1) is 0 Å². The van der Waals surface area contributed by atoms with E-state index in [0.717, 1.165) is 11.2 Å². The normalized spacial score (nSPS) is 14.6. The molecule has 0 aromatic rings. The van der Waals surface area contributed by atoms with Gasteiger partial charge in [0.2, 0.25) is 0 Å². The zero-order valence-corrected chi connectivity index (χ0v) is 14.5. The molecule has 0 aliphatic heterocycles. The van der Waals surface area contributed by atoms with Crippen molar-refractivity contribution < 1.29 is 0 Å². The SMILES string of the molecule is CC(=CCBr)C=C(C)CC(C)CCC(C)=C(C)C. The predicted octanol–water partition coefficient (Wildman–Crippen LogP) is 6.44. The Hall–Kier alpha value is -0.300. The molecule has 1 unspecified atom stereocenters. The molecule has 18 heavy (non-hydrogen) atoms. The van der Waals surface area contributed by atoms with Crippen LogP contribution >= 0.6 is 15.9 Å². The van der Waals surface area contributed by atoms with Crippen molar-refractivity contribution >= 4 is 15.9 Å². The van der Waals surface area contributed by atoms with Gasteiger partial charge in [0, 0.05) is 5.33 Å². The Kier molecular flexibility index (Phi) is 9.45. The van der Waals surface area contributed by atoms with Crippen LogP contribution in [0.2, 0.25) is 0 Å². The van der Waals surface area contributed by atoms with E-state index >= 15 is 0 Å². The Balaban J connectivity index is 4.21. The van der Waals surface area contributed by atoms with Gasteiger partial charge in [0.25, 0.3) is 0 Å². The van der Waals surface area contributed by atoms with Crippen LogP contribution in [0, 0.1) is 5.92 Å². The van der Waals surface area contributed by atoms with Crippen LogP contribution < -0.4 is 0 Å². The first-order valence-electron chi connectivity index (χ1n) is 6.89. The van der Waals surface area contributed by atoms with Crippen molar-refractivity contribution in [2.24, 2.45) is 5.92 Å².